The van der Waals surface area contributed by atoms with Crippen molar-refractivity contribution in [2.24, 2.45) is 0 Å². The Morgan fingerprint density at radius 1 is 1.47 bits per heavy atom. The van der Waals surface area contributed by atoms with Crippen molar-refractivity contribution in [1.82, 2.24) is 14.6 Å². The van der Waals surface area contributed by atoms with Gasteiger partial charge < -0.3 is 9.64 Å². The summed E-state index contributed by atoms with van der Waals surface area (Å²) in [7, 11) is 0. The molecule has 0 N–H and O–H groups in total. The molecule has 4 rings (SSSR count). The lowest BCUT2D eigenvalue weighted by Gasteiger charge is -2.34. The molecule has 88 valence electrons. The van der Waals surface area contributed by atoms with Crippen molar-refractivity contribution in [3.63, 3.8) is 0 Å². The van der Waals surface area contributed by atoms with E-state index in [0.29, 0.717) is 11.7 Å². The van der Waals surface area contributed by atoms with Crippen molar-refractivity contribution in [3.05, 3.63) is 24.5 Å². The van der Waals surface area contributed by atoms with Crippen LogP contribution in [0.4, 0.5) is 5.82 Å². The minimum atomic E-state index is 0.0933. The SMILES string of the molecule is [2H]c1cnn2ccc(N3CCOC4(CC4)C3)nc12. The van der Waals surface area contributed by atoms with Crippen LogP contribution < -0.4 is 4.90 Å². The lowest BCUT2D eigenvalue weighted by atomic mass is 10.2. The van der Waals surface area contributed by atoms with E-state index in [1.54, 1.807) is 4.52 Å². The van der Waals surface area contributed by atoms with Gasteiger partial charge in [0.2, 0.25) is 0 Å². The first-order valence-corrected chi connectivity index (χ1v) is 5.96. The molecular formula is C12H14N4O. The van der Waals surface area contributed by atoms with Crippen molar-refractivity contribution in [2.45, 2.75) is 18.4 Å². The minimum Gasteiger partial charge on any atom is -0.371 e. The summed E-state index contributed by atoms with van der Waals surface area (Å²) in [5.41, 5.74) is 0.708. The molecule has 17 heavy (non-hydrogen) atoms. The quantitative estimate of drug-likeness (QED) is 0.737. The van der Waals surface area contributed by atoms with Gasteiger partial charge >= 0.3 is 0 Å². The second kappa shape index (κ2) is 3.20. The first-order chi connectivity index (χ1) is 8.76. The van der Waals surface area contributed by atoms with E-state index in [4.69, 9.17) is 6.11 Å². The molecule has 0 bridgehead atoms. The van der Waals surface area contributed by atoms with Gasteiger partial charge in [0.15, 0.2) is 5.65 Å². The Labute approximate surface area is 100 Å². The molecule has 0 unspecified atom stereocenters. The lowest BCUT2D eigenvalue weighted by Crippen LogP contribution is -2.44. The molecule has 2 aliphatic rings. The highest BCUT2D eigenvalue weighted by Crippen LogP contribution is 2.42. The maximum atomic E-state index is 7.76. The Morgan fingerprint density at radius 2 is 2.41 bits per heavy atom. The minimum absolute atomic E-state index is 0.0933. The zero-order valence-corrected chi connectivity index (χ0v) is 9.46. The average molecular weight is 231 g/mol. The summed E-state index contributed by atoms with van der Waals surface area (Å²) < 4.78 is 15.2. The number of hydrogen-bond donors (Lipinski definition) is 0. The molecule has 0 atom stereocenters. The van der Waals surface area contributed by atoms with E-state index in [2.05, 4.69) is 15.0 Å². The molecule has 1 saturated carbocycles. The average Bonchev–Trinajstić information content (AvgIpc) is 3.04. The number of anilines is 1. The fraction of sp³-hybridized carbons (Fsp3) is 0.500. The van der Waals surface area contributed by atoms with Gasteiger partial charge in [-0.1, -0.05) is 0 Å². The molecule has 5 heteroatoms. The zero-order valence-electron chi connectivity index (χ0n) is 10.5. The Balaban J connectivity index is 1.70. The van der Waals surface area contributed by atoms with Gasteiger partial charge in [0, 0.05) is 25.3 Å². The predicted octanol–water partition coefficient (Wildman–Crippen LogP) is 1.10. The van der Waals surface area contributed by atoms with E-state index >= 15 is 0 Å². The second-order valence-corrected chi connectivity index (χ2v) is 4.80. The molecule has 1 aliphatic carbocycles. The maximum absolute atomic E-state index is 7.76. The van der Waals surface area contributed by atoms with Crippen molar-refractivity contribution in [2.75, 3.05) is 24.6 Å². The van der Waals surface area contributed by atoms with Gasteiger partial charge in [0.1, 0.15) is 5.82 Å². The molecule has 0 radical (unpaired) electrons. The summed E-state index contributed by atoms with van der Waals surface area (Å²) in [6, 6.07) is 2.33. The third-order valence-electron chi connectivity index (χ3n) is 3.56. The zero-order chi connectivity index (χ0) is 12.2. The first-order valence-electron chi connectivity index (χ1n) is 6.46. The van der Waals surface area contributed by atoms with Crippen molar-refractivity contribution < 1.29 is 6.11 Å². The van der Waals surface area contributed by atoms with E-state index in [-0.39, 0.29) is 5.60 Å². The normalized spacial score (nSPS) is 23.1. The molecule has 1 aliphatic heterocycles. The summed E-state index contributed by atoms with van der Waals surface area (Å²) in [5.74, 6) is 0.922. The Kier molecular flexibility index (Phi) is 1.59. The highest BCUT2D eigenvalue weighted by Gasteiger charge is 2.47. The smallest absolute Gasteiger partial charge is 0.157 e. The lowest BCUT2D eigenvalue weighted by molar-refractivity contribution is 0.0204. The van der Waals surface area contributed by atoms with E-state index in [1.165, 1.54) is 6.20 Å². The summed E-state index contributed by atoms with van der Waals surface area (Å²) in [6.45, 7) is 2.55. The van der Waals surface area contributed by atoms with Gasteiger partial charge in [-0.2, -0.15) is 5.10 Å². The number of rotatable bonds is 1. The molecule has 3 heterocycles. The number of hydrogen-bond acceptors (Lipinski definition) is 4. The second-order valence-electron chi connectivity index (χ2n) is 4.80. The summed E-state index contributed by atoms with van der Waals surface area (Å²) in [5, 5.41) is 4.07. The number of ether oxygens (including phenoxy) is 1. The topological polar surface area (TPSA) is 42.7 Å². The van der Waals surface area contributed by atoms with Crippen LogP contribution in [0.15, 0.2) is 24.5 Å². The number of fused-ring (bicyclic) bond motifs is 1. The van der Waals surface area contributed by atoms with Crippen LogP contribution in [0.2, 0.25) is 0 Å². The van der Waals surface area contributed by atoms with Crippen LogP contribution in [0.1, 0.15) is 14.2 Å². The van der Waals surface area contributed by atoms with E-state index < -0.39 is 0 Å². The van der Waals surface area contributed by atoms with Crippen LogP contribution in [-0.2, 0) is 4.74 Å². The van der Waals surface area contributed by atoms with Crippen LogP contribution in [0.3, 0.4) is 0 Å². The Hall–Kier alpha value is -1.62. The third kappa shape index (κ3) is 1.50. The molecule has 0 amide bonds. The fourth-order valence-corrected chi connectivity index (χ4v) is 2.40. The van der Waals surface area contributed by atoms with Crippen LogP contribution >= 0.6 is 0 Å². The van der Waals surface area contributed by atoms with Gasteiger partial charge in [0.05, 0.1) is 19.8 Å². The number of morpholine rings is 1. The molecule has 0 aromatic carbocycles. The maximum Gasteiger partial charge on any atom is 0.157 e. The Morgan fingerprint density at radius 3 is 3.29 bits per heavy atom. The molecule has 5 nitrogen and oxygen atoms in total. The Bertz CT molecular complexity index is 607. The highest BCUT2D eigenvalue weighted by molar-refractivity contribution is 5.48. The van der Waals surface area contributed by atoms with Gasteiger partial charge in [-0.15, -0.1) is 0 Å². The standard InChI is InChI=1S/C12H14N4O/c1-5-13-16-6-2-10(14-11(1)16)15-7-8-17-12(9-15)3-4-12/h1-2,5-6H,3-4,7-9H2/i1D. The molecule has 1 saturated heterocycles. The van der Waals surface area contributed by atoms with Crippen LogP contribution in [0, 0.1) is 0 Å². The molecule has 2 aromatic heterocycles. The van der Waals surface area contributed by atoms with Crippen LogP contribution in [0.25, 0.3) is 5.65 Å². The van der Waals surface area contributed by atoms with Crippen molar-refractivity contribution in [1.29, 1.82) is 0 Å². The van der Waals surface area contributed by atoms with Gasteiger partial charge in [0.25, 0.3) is 0 Å². The number of aromatic nitrogens is 3. The molecule has 1 spiro atoms. The fourth-order valence-electron chi connectivity index (χ4n) is 2.40. The van der Waals surface area contributed by atoms with E-state index in [0.717, 1.165) is 38.4 Å². The van der Waals surface area contributed by atoms with Crippen molar-refractivity contribution >= 4 is 11.5 Å². The summed E-state index contributed by atoms with van der Waals surface area (Å²) >= 11 is 0. The summed E-state index contributed by atoms with van der Waals surface area (Å²) in [6.07, 6.45) is 5.70. The number of nitrogens with zero attached hydrogens (tertiary/aromatic N) is 4. The van der Waals surface area contributed by atoms with Crippen LogP contribution in [-0.4, -0.2) is 39.9 Å². The molecule has 2 aromatic rings. The summed E-state index contributed by atoms with van der Waals surface area (Å²) in [4.78, 5) is 6.79. The molecular weight excluding hydrogens is 216 g/mol. The van der Waals surface area contributed by atoms with Gasteiger partial charge in [-0.05, 0) is 18.9 Å². The predicted molar refractivity (Wildman–Crippen MR) is 63.1 cm³/mol. The first kappa shape index (κ1) is 8.47. The van der Waals surface area contributed by atoms with E-state index in [1.807, 2.05) is 12.3 Å². The van der Waals surface area contributed by atoms with Crippen molar-refractivity contribution in [3.8, 4) is 0 Å². The van der Waals surface area contributed by atoms with Gasteiger partial charge in [-0.3, -0.25) is 0 Å². The largest absolute Gasteiger partial charge is 0.371 e. The third-order valence-corrected chi connectivity index (χ3v) is 3.56. The highest BCUT2D eigenvalue weighted by atomic mass is 16.5. The van der Waals surface area contributed by atoms with E-state index in [9.17, 15) is 0 Å². The monoisotopic (exact) mass is 231 g/mol. The molecule has 2 fully saturated rings. The van der Waals surface area contributed by atoms with Crippen LogP contribution in [0.5, 0.6) is 0 Å². The van der Waals surface area contributed by atoms with Gasteiger partial charge in [-0.25, -0.2) is 9.50 Å².